The van der Waals surface area contributed by atoms with Crippen LogP contribution in [-0.2, 0) is 28.4 Å². The second-order valence-electron chi connectivity index (χ2n) is 9.32. The number of hydrogen-bond donors (Lipinski definition) is 2. The zero-order chi connectivity index (χ0) is 29.2. The molecule has 2 fully saturated rings. The van der Waals surface area contributed by atoms with Crippen molar-refractivity contribution in [1.82, 2.24) is 24.6 Å². The Morgan fingerprint density at radius 1 is 1.05 bits per heavy atom. The van der Waals surface area contributed by atoms with E-state index >= 15 is 0 Å². The number of primary amides is 1. The van der Waals surface area contributed by atoms with E-state index in [2.05, 4.69) is 15.1 Å². The summed E-state index contributed by atoms with van der Waals surface area (Å²) >= 11 is 0. The van der Waals surface area contributed by atoms with E-state index in [1.165, 1.54) is 0 Å². The number of aromatic nitrogens is 4. The van der Waals surface area contributed by atoms with Gasteiger partial charge in [-0.25, -0.2) is 9.97 Å². The number of hydrogen-bond acceptors (Lipinski definition) is 8. The van der Waals surface area contributed by atoms with Crippen molar-refractivity contribution in [2.75, 3.05) is 31.2 Å². The van der Waals surface area contributed by atoms with Gasteiger partial charge in [-0.1, -0.05) is 0 Å². The van der Waals surface area contributed by atoms with Gasteiger partial charge in [0.25, 0.3) is 5.91 Å². The molecule has 0 saturated carbocycles. The molecule has 2 atom stereocenters. The molecule has 40 heavy (non-hydrogen) atoms. The largest absolute Gasteiger partial charge is 0.435 e. The van der Waals surface area contributed by atoms with Gasteiger partial charge in [0.1, 0.15) is 0 Å². The van der Waals surface area contributed by atoms with Gasteiger partial charge in [-0.2, -0.15) is 31.4 Å². The third kappa shape index (κ3) is 6.03. The van der Waals surface area contributed by atoms with Crippen LogP contribution in [0, 0.1) is 5.41 Å². The molecule has 4 heterocycles. The fourth-order valence-electron chi connectivity index (χ4n) is 5.15. The summed E-state index contributed by atoms with van der Waals surface area (Å²) in [4.78, 5) is 35.8. The SMILES string of the molecule is N=Cc1c(C(N)=O)c(C(F)(F)F)nn1CCOCCC(=O)N1CCC[C@@H]2[C@H]1CCN2c1ncc(C(F)(F)F)cn1. The second kappa shape index (κ2) is 11.4. The first kappa shape index (κ1) is 29.2. The summed E-state index contributed by atoms with van der Waals surface area (Å²) in [7, 11) is 0. The van der Waals surface area contributed by atoms with Crippen LogP contribution in [-0.4, -0.2) is 81.1 Å². The number of anilines is 1. The van der Waals surface area contributed by atoms with Crippen LogP contribution in [0.4, 0.5) is 32.3 Å². The number of piperidine rings is 1. The van der Waals surface area contributed by atoms with E-state index < -0.39 is 40.8 Å². The first-order valence-corrected chi connectivity index (χ1v) is 12.3. The van der Waals surface area contributed by atoms with Crippen molar-refractivity contribution in [2.24, 2.45) is 5.73 Å². The number of carbonyl (C=O) groups excluding carboxylic acids is 2. The molecule has 2 saturated heterocycles. The molecule has 2 aliphatic heterocycles. The van der Waals surface area contributed by atoms with E-state index in [4.69, 9.17) is 15.9 Å². The molecule has 0 bridgehead atoms. The van der Waals surface area contributed by atoms with Crippen LogP contribution in [0.25, 0.3) is 0 Å². The topological polar surface area (TPSA) is 143 Å². The highest BCUT2D eigenvalue weighted by Crippen LogP contribution is 2.35. The fourth-order valence-corrected chi connectivity index (χ4v) is 5.15. The number of ether oxygens (including phenoxy) is 1. The number of nitrogens with two attached hydrogens (primary N) is 1. The smallest absolute Gasteiger partial charge is 0.379 e. The van der Waals surface area contributed by atoms with Crippen molar-refractivity contribution in [3.63, 3.8) is 0 Å². The maximum absolute atomic E-state index is 13.2. The Labute approximate surface area is 223 Å². The normalized spacial score (nSPS) is 19.6. The van der Waals surface area contributed by atoms with Crippen LogP contribution in [0.5, 0.6) is 0 Å². The zero-order valence-corrected chi connectivity index (χ0v) is 21.0. The molecule has 0 aromatic carbocycles. The average Bonchev–Trinajstić information content (AvgIpc) is 3.49. The average molecular weight is 577 g/mol. The summed E-state index contributed by atoms with van der Waals surface area (Å²) in [5, 5.41) is 10.8. The van der Waals surface area contributed by atoms with Gasteiger partial charge in [-0.05, 0) is 19.3 Å². The van der Waals surface area contributed by atoms with E-state index in [0.29, 0.717) is 32.1 Å². The molecular weight excluding hydrogens is 550 g/mol. The number of carbonyl (C=O) groups is 2. The quantitative estimate of drug-likeness (QED) is 0.265. The molecule has 2 aromatic heterocycles. The Morgan fingerprint density at radius 3 is 2.35 bits per heavy atom. The monoisotopic (exact) mass is 576 g/mol. The highest BCUT2D eigenvalue weighted by Gasteiger charge is 2.43. The Kier molecular flexibility index (Phi) is 8.32. The summed E-state index contributed by atoms with van der Waals surface area (Å²) in [6.07, 6.45) is -5.45. The summed E-state index contributed by atoms with van der Waals surface area (Å²) in [5.41, 5.74) is 1.33. The van der Waals surface area contributed by atoms with E-state index in [9.17, 15) is 35.9 Å². The Hall–Kier alpha value is -3.76. The number of fused-ring (bicyclic) bond motifs is 1. The molecule has 0 unspecified atom stereocenters. The number of rotatable bonds is 9. The van der Waals surface area contributed by atoms with Crippen molar-refractivity contribution < 1.29 is 40.7 Å². The third-order valence-corrected chi connectivity index (χ3v) is 6.90. The van der Waals surface area contributed by atoms with E-state index in [0.717, 1.165) is 23.5 Å². The lowest BCUT2D eigenvalue weighted by atomic mass is 9.96. The first-order valence-electron chi connectivity index (χ1n) is 12.3. The summed E-state index contributed by atoms with van der Waals surface area (Å²) in [6.45, 7) is 0.595. The van der Waals surface area contributed by atoms with Crippen LogP contribution in [0.3, 0.4) is 0 Å². The molecule has 2 aliphatic rings. The minimum absolute atomic E-state index is 0.00310. The van der Waals surface area contributed by atoms with Crippen LogP contribution in [0.2, 0.25) is 0 Å². The van der Waals surface area contributed by atoms with Gasteiger partial charge in [0.2, 0.25) is 11.9 Å². The molecule has 0 radical (unpaired) electrons. The lowest BCUT2D eigenvalue weighted by Gasteiger charge is -2.40. The zero-order valence-electron chi connectivity index (χ0n) is 21.0. The maximum atomic E-state index is 13.2. The summed E-state index contributed by atoms with van der Waals surface area (Å²) in [5.74, 6) is -1.38. The van der Waals surface area contributed by atoms with Crippen LogP contribution >= 0.6 is 0 Å². The summed E-state index contributed by atoms with van der Waals surface area (Å²) in [6, 6.07) is -0.309. The van der Waals surface area contributed by atoms with E-state index in [1.54, 1.807) is 4.90 Å². The van der Waals surface area contributed by atoms with Crippen molar-refractivity contribution in [3.8, 4) is 0 Å². The molecule has 2 aromatic rings. The highest BCUT2D eigenvalue weighted by atomic mass is 19.4. The van der Waals surface area contributed by atoms with Crippen molar-refractivity contribution in [2.45, 2.75) is 56.7 Å². The fraction of sp³-hybridized carbons (Fsp3) is 0.565. The Morgan fingerprint density at radius 2 is 1.75 bits per heavy atom. The van der Waals surface area contributed by atoms with Crippen LogP contribution in [0.15, 0.2) is 12.4 Å². The van der Waals surface area contributed by atoms with E-state index in [1.807, 2.05) is 4.90 Å². The van der Waals surface area contributed by atoms with Gasteiger partial charge in [-0.3, -0.25) is 14.3 Å². The lowest BCUT2D eigenvalue weighted by Crippen LogP contribution is -2.52. The number of amides is 2. The lowest BCUT2D eigenvalue weighted by molar-refractivity contribution is -0.142. The minimum atomic E-state index is -4.94. The maximum Gasteiger partial charge on any atom is 0.435 e. The number of likely N-dealkylation sites (tertiary alicyclic amines) is 1. The number of nitrogens with one attached hydrogen (secondary N) is 1. The first-order chi connectivity index (χ1) is 18.8. The molecule has 11 nitrogen and oxygen atoms in total. The standard InChI is InChI=1S/C23H26F6N8O3/c24-22(25,26)13-11-32-21(33-12-13)36-6-3-15-14(36)2-1-5-35(15)17(38)4-8-40-9-7-37-16(10-30)18(20(31)39)19(34-37)23(27,28)29/h10-12,14-15,30H,1-9H2,(H2,31,39)/t14-,15-/m1/s1. The molecule has 0 aliphatic carbocycles. The Balaban J connectivity index is 1.31. The molecule has 0 spiro atoms. The molecular formula is C23H26F6N8O3. The van der Waals surface area contributed by atoms with Gasteiger partial charge >= 0.3 is 12.4 Å². The van der Waals surface area contributed by atoms with Crippen molar-refractivity contribution in [1.29, 1.82) is 5.41 Å². The minimum Gasteiger partial charge on any atom is -0.379 e. The van der Waals surface area contributed by atoms with Crippen LogP contribution < -0.4 is 10.6 Å². The predicted molar refractivity (Wildman–Crippen MR) is 127 cm³/mol. The van der Waals surface area contributed by atoms with Gasteiger partial charge in [-0.15, -0.1) is 0 Å². The number of nitrogens with zero attached hydrogens (tertiary/aromatic N) is 6. The summed E-state index contributed by atoms with van der Waals surface area (Å²) < 4.78 is 84.5. The number of halogens is 6. The van der Waals surface area contributed by atoms with Gasteiger partial charge in [0.15, 0.2) is 5.69 Å². The molecule has 4 rings (SSSR count). The van der Waals surface area contributed by atoms with Gasteiger partial charge < -0.3 is 25.7 Å². The van der Waals surface area contributed by atoms with Crippen molar-refractivity contribution in [3.05, 3.63) is 34.9 Å². The molecule has 2 amide bonds. The third-order valence-electron chi connectivity index (χ3n) is 6.90. The molecule has 218 valence electrons. The van der Waals surface area contributed by atoms with Crippen LogP contribution in [0.1, 0.15) is 53.0 Å². The Bertz CT molecular complexity index is 1250. The highest BCUT2D eigenvalue weighted by molar-refractivity contribution is 6.01. The molecule has 3 N–H and O–H groups in total. The number of alkyl halides is 6. The van der Waals surface area contributed by atoms with Gasteiger partial charge in [0, 0.05) is 31.7 Å². The van der Waals surface area contributed by atoms with Gasteiger partial charge in [0.05, 0.1) is 55.1 Å². The predicted octanol–water partition coefficient (Wildman–Crippen LogP) is 2.48. The van der Waals surface area contributed by atoms with Crippen molar-refractivity contribution >= 4 is 24.0 Å². The second-order valence-corrected chi connectivity index (χ2v) is 9.32. The van der Waals surface area contributed by atoms with E-state index in [-0.39, 0.29) is 50.1 Å². The molecule has 17 heteroatoms.